The molecule has 5 rings (SSSR count). The third kappa shape index (κ3) is 8.96. The largest absolute Gasteiger partial charge is 0.457 e. The first-order chi connectivity index (χ1) is 22.0. The standard InChI is InChI=1S/C35H42F2N4O3S/c1-2-3-4-5-9-18-41(35(42)40-30-16-14-25(36)21-29(30)37)19-10-6-11-20-45-26-15-17-32-28(22-26)34-33(38-23-39-34)27-12-7-8-13-31(27)43-24-44-32/h12-17,21,23H,2-11,18-20,22,24H2,1H3,(H,40,42)/b34-28+. The number of hydrogen-bond donors (Lipinski definition) is 1. The number of nitrogens with one attached hydrogen (secondary N) is 1. The van der Waals surface area contributed by atoms with Crippen molar-refractivity contribution in [3.8, 4) is 0 Å². The molecule has 10 heteroatoms. The van der Waals surface area contributed by atoms with Crippen LogP contribution in [0.2, 0.25) is 0 Å². The number of rotatable bonds is 14. The summed E-state index contributed by atoms with van der Waals surface area (Å²) >= 11 is 1.83. The van der Waals surface area contributed by atoms with Gasteiger partial charge in [0.1, 0.15) is 35.2 Å². The van der Waals surface area contributed by atoms with Gasteiger partial charge < -0.3 is 19.7 Å². The Labute approximate surface area is 268 Å². The topological polar surface area (TPSA) is 75.5 Å². The zero-order chi connectivity index (χ0) is 31.4. The number of carbonyl (C=O) groups is 1. The monoisotopic (exact) mass is 636 g/mol. The highest BCUT2D eigenvalue weighted by Crippen LogP contribution is 2.38. The van der Waals surface area contributed by atoms with Crippen LogP contribution in [0.25, 0.3) is 0 Å². The van der Waals surface area contributed by atoms with Gasteiger partial charge in [-0.1, -0.05) is 45.1 Å². The van der Waals surface area contributed by atoms with Crippen LogP contribution in [-0.2, 0) is 9.47 Å². The molecule has 240 valence electrons. The number of carbonyl (C=O) groups excluding carboxylic acids is 1. The predicted molar refractivity (Wildman–Crippen MR) is 178 cm³/mol. The molecule has 2 aliphatic carbocycles. The summed E-state index contributed by atoms with van der Waals surface area (Å²) in [4.78, 5) is 25.2. The van der Waals surface area contributed by atoms with Gasteiger partial charge in [0.15, 0.2) is 0 Å². The number of unbranched alkanes of at least 4 members (excludes halogenated alkanes) is 6. The minimum atomic E-state index is -0.774. The fourth-order valence-corrected chi connectivity index (χ4v) is 6.68. The molecular formula is C35H42F2N4O3S. The summed E-state index contributed by atoms with van der Waals surface area (Å²) in [6.07, 6.45) is 20.8. The van der Waals surface area contributed by atoms with E-state index in [-0.39, 0.29) is 18.5 Å². The molecule has 0 aromatic heterocycles. The molecule has 2 amide bonds. The Morgan fingerprint density at radius 2 is 1.76 bits per heavy atom. The van der Waals surface area contributed by atoms with Crippen LogP contribution in [0.1, 0.15) is 77.6 Å². The molecular weight excluding hydrogens is 594 g/mol. The molecule has 2 heterocycles. The predicted octanol–water partition coefficient (Wildman–Crippen LogP) is 9.19. The highest BCUT2D eigenvalue weighted by molar-refractivity contribution is 8.03. The Morgan fingerprint density at radius 1 is 0.978 bits per heavy atom. The van der Waals surface area contributed by atoms with E-state index < -0.39 is 11.6 Å². The molecule has 4 aliphatic rings. The summed E-state index contributed by atoms with van der Waals surface area (Å²) < 4.78 is 39.5. The Hall–Kier alpha value is -3.66. The van der Waals surface area contributed by atoms with Crippen molar-refractivity contribution in [3.63, 3.8) is 0 Å². The number of hydrogen-bond acceptors (Lipinski definition) is 6. The molecule has 1 aromatic rings. The molecule has 45 heavy (non-hydrogen) atoms. The summed E-state index contributed by atoms with van der Waals surface area (Å²) in [6, 6.07) is 2.85. The average Bonchev–Trinajstić information content (AvgIpc) is 3.54. The van der Waals surface area contributed by atoms with Crippen molar-refractivity contribution in [2.45, 2.75) is 77.6 Å². The summed E-state index contributed by atoms with van der Waals surface area (Å²) in [6.45, 7) is 3.52. The number of halogens is 2. The van der Waals surface area contributed by atoms with E-state index >= 15 is 0 Å². The molecule has 0 unspecified atom stereocenters. The lowest BCUT2D eigenvalue weighted by Crippen LogP contribution is -2.36. The van der Waals surface area contributed by atoms with E-state index in [2.05, 4.69) is 40.5 Å². The number of ether oxygens (including phenoxy) is 2. The van der Waals surface area contributed by atoms with Crippen molar-refractivity contribution in [3.05, 3.63) is 87.4 Å². The number of urea groups is 1. The SMILES string of the molecule is CCCCCCCN(CCCCCSC1=CC=C2OCOC3=CCCC=C3C3=NC=N/C3=C/2C1)C(=O)Nc1ccc(F)cc1F. The van der Waals surface area contributed by atoms with Crippen LogP contribution in [-0.4, -0.2) is 48.6 Å². The number of allylic oxidation sites excluding steroid dienone is 8. The second-order valence-corrected chi connectivity index (χ2v) is 12.6. The highest BCUT2D eigenvalue weighted by atomic mass is 32.2. The minimum Gasteiger partial charge on any atom is -0.457 e. The summed E-state index contributed by atoms with van der Waals surface area (Å²) in [5, 5.41) is 2.63. The molecule has 0 saturated heterocycles. The molecule has 1 N–H and O–H groups in total. The van der Waals surface area contributed by atoms with Gasteiger partial charge in [0.25, 0.3) is 0 Å². The van der Waals surface area contributed by atoms with E-state index in [1.807, 2.05) is 17.8 Å². The zero-order valence-corrected chi connectivity index (χ0v) is 26.8. The Morgan fingerprint density at radius 3 is 2.58 bits per heavy atom. The van der Waals surface area contributed by atoms with Gasteiger partial charge in [0.2, 0.25) is 6.79 Å². The lowest BCUT2D eigenvalue weighted by atomic mass is 9.94. The molecule has 0 spiro atoms. The lowest BCUT2D eigenvalue weighted by molar-refractivity contribution is 0.0204. The molecule has 0 saturated carbocycles. The zero-order valence-electron chi connectivity index (χ0n) is 26.0. The van der Waals surface area contributed by atoms with Gasteiger partial charge in [0, 0.05) is 36.7 Å². The molecule has 0 fully saturated rings. The van der Waals surface area contributed by atoms with Gasteiger partial charge in [-0.3, -0.25) is 0 Å². The van der Waals surface area contributed by atoms with Gasteiger partial charge in [0.05, 0.1) is 11.4 Å². The summed E-state index contributed by atoms with van der Waals surface area (Å²) in [5.41, 5.74) is 3.71. The number of anilines is 1. The Bertz CT molecular complexity index is 1460. The first-order valence-electron chi connectivity index (χ1n) is 16.1. The minimum absolute atomic E-state index is 0.00493. The fraction of sp³-hybridized carbons (Fsp3) is 0.457. The fourth-order valence-electron chi connectivity index (χ4n) is 5.66. The highest BCUT2D eigenvalue weighted by Gasteiger charge is 2.29. The van der Waals surface area contributed by atoms with Crippen LogP contribution in [0.4, 0.5) is 19.3 Å². The van der Waals surface area contributed by atoms with Crippen LogP contribution in [0.15, 0.2) is 85.8 Å². The van der Waals surface area contributed by atoms with Gasteiger partial charge in [-0.25, -0.2) is 23.6 Å². The van der Waals surface area contributed by atoms with Crippen molar-refractivity contribution < 1.29 is 23.0 Å². The van der Waals surface area contributed by atoms with Crippen molar-refractivity contribution >= 4 is 35.5 Å². The second kappa shape index (κ2) is 16.6. The number of thioether (sulfide) groups is 1. The molecule has 0 atom stereocenters. The van der Waals surface area contributed by atoms with E-state index in [0.717, 1.165) is 116 Å². The number of amides is 2. The van der Waals surface area contributed by atoms with Crippen LogP contribution < -0.4 is 5.32 Å². The van der Waals surface area contributed by atoms with E-state index in [0.29, 0.717) is 13.1 Å². The van der Waals surface area contributed by atoms with Crippen LogP contribution in [0.3, 0.4) is 0 Å². The quantitative estimate of drug-likeness (QED) is 0.207. The first-order valence-corrected chi connectivity index (χ1v) is 17.1. The van der Waals surface area contributed by atoms with E-state index in [1.165, 1.54) is 17.4 Å². The molecule has 7 nitrogen and oxygen atoms in total. The van der Waals surface area contributed by atoms with E-state index in [9.17, 15) is 13.6 Å². The third-order valence-corrected chi connectivity index (χ3v) is 9.24. The van der Waals surface area contributed by atoms with Crippen LogP contribution in [0.5, 0.6) is 0 Å². The lowest BCUT2D eigenvalue weighted by Gasteiger charge is -2.23. The maximum absolute atomic E-state index is 14.2. The van der Waals surface area contributed by atoms with Gasteiger partial charge >= 0.3 is 6.03 Å². The normalized spacial score (nSPS) is 18.7. The van der Waals surface area contributed by atoms with Crippen molar-refractivity contribution in [1.82, 2.24) is 4.90 Å². The Kier molecular flexibility index (Phi) is 12.1. The maximum Gasteiger partial charge on any atom is 0.321 e. The number of benzene rings is 1. The summed E-state index contributed by atoms with van der Waals surface area (Å²) in [5.74, 6) is 1.09. The molecule has 0 bridgehead atoms. The molecule has 0 radical (unpaired) electrons. The smallest absolute Gasteiger partial charge is 0.321 e. The third-order valence-electron chi connectivity index (χ3n) is 8.10. The maximum atomic E-state index is 14.2. The van der Waals surface area contributed by atoms with Crippen molar-refractivity contribution in [1.29, 1.82) is 0 Å². The molecule has 1 aromatic carbocycles. The van der Waals surface area contributed by atoms with Gasteiger partial charge in [-0.2, -0.15) is 0 Å². The van der Waals surface area contributed by atoms with Crippen molar-refractivity contribution in [2.75, 3.05) is 31.0 Å². The first kappa shape index (κ1) is 32.7. The van der Waals surface area contributed by atoms with Gasteiger partial charge in [-0.15, -0.1) is 11.8 Å². The van der Waals surface area contributed by atoms with E-state index in [4.69, 9.17) is 9.47 Å². The van der Waals surface area contributed by atoms with Crippen molar-refractivity contribution in [2.24, 2.45) is 9.98 Å². The van der Waals surface area contributed by atoms with E-state index in [1.54, 1.807) is 11.2 Å². The molecule has 2 aliphatic heterocycles. The second-order valence-electron chi connectivity index (χ2n) is 11.4. The van der Waals surface area contributed by atoms with Gasteiger partial charge in [-0.05, 0) is 73.1 Å². The van der Waals surface area contributed by atoms with Crippen LogP contribution >= 0.6 is 11.8 Å². The van der Waals surface area contributed by atoms with Crippen LogP contribution in [0, 0.1) is 11.6 Å². The summed E-state index contributed by atoms with van der Waals surface area (Å²) in [7, 11) is 0. The number of aliphatic imine (C=N–C) groups is 2. The number of fused-ring (bicyclic) bond motifs is 4. The average molecular weight is 637 g/mol. The number of nitrogens with zero attached hydrogens (tertiary/aromatic N) is 3. The Balaban J connectivity index is 1.11.